The summed E-state index contributed by atoms with van der Waals surface area (Å²) in [6.07, 6.45) is 3.63. The normalized spacial score (nSPS) is 12.2. The summed E-state index contributed by atoms with van der Waals surface area (Å²) in [6, 6.07) is 15.8. The van der Waals surface area contributed by atoms with Crippen molar-refractivity contribution in [2.45, 2.75) is 13.8 Å². The molecule has 0 aliphatic rings. The van der Waals surface area contributed by atoms with Gasteiger partial charge in [-0.3, -0.25) is 20.0 Å². The largest absolute Gasteiger partial charge is 0.384 e. The van der Waals surface area contributed by atoms with E-state index in [1.54, 1.807) is 6.20 Å². The van der Waals surface area contributed by atoms with Gasteiger partial charge in [-0.15, -0.1) is 0 Å². The average molecular weight is 372 g/mol. The number of amidine groups is 2. The highest BCUT2D eigenvalue weighted by Crippen LogP contribution is 2.22. The molecule has 6 nitrogen and oxygen atoms in total. The van der Waals surface area contributed by atoms with Crippen LogP contribution < -0.4 is 11.5 Å². The number of nitrogens with two attached hydrogens (primary N) is 2. The monoisotopic (exact) mass is 372 g/mol. The Labute approximate surface area is 165 Å². The standard InChI is InChI=1S/C22H24N6/c1-3-25-21(23)16-7-5-15(6-8-16)19-11-9-17(13-27-19)18-10-12-20(28-14-18)22(24)26-4-2/h5-14H,3-4H2,1-2H3,(H2,23,25)(H2,24,26). The number of hydrogen-bond donors (Lipinski definition) is 2. The summed E-state index contributed by atoms with van der Waals surface area (Å²) < 4.78 is 0. The predicted octanol–water partition coefficient (Wildman–Crippen LogP) is 3.26. The van der Waals surface area contributed by atoms with Gasteiger partial charge < -0.3 is 11.5 Å². The van der Waals surface area contributed by atoms with Gasteiger partial charge >= 0.3 is 0 Å². The number of benzene rings is 1. The van der Waals surface area contributed by atoms with Crippen molar-refractivity contribution >= 4 is 11.7 Å². The van der Waals surface area contributed by atoms with Crippen LogP contribution in [0.2, 0.25) is 0 Å². The molecule has 28 heavy (non-hydrogen) atoms. The maximum absolute atomic E-state index is 5.94. The maximum atomic E-state index is 5.94. The second kappa shape index (κ2) is 8.90. The number of pyridine rings is 2. The summed E-state index contributed by atoms with van der Waals surface area (Å²) in [4.78, 5) is 17.4. The van der Waals surface area contributed by atoms with E-state index in [4.69, 9.17) is 11.5 Å². The van der Waals surface area contributed by atoms with E-state index < -0.39 is 0 Å². The van der Waals surface area contributed by atoms with E-state index in [9.17, 15) is 0 Å². The SMILES string of the molecule is CC/N=C(\N)c1ccc(-c2ccc(-c3ccc(/C(N)=N/CC)nc3)cn2)cc1. The molecular weight excluding hydrogens is 348 g/mol. The molecule has 2 heterocycles. The van der Waals surface area contributed by atoms with Crippen LogP contribution >= 0.6 is 0 Å². The van der Waals surface area contributed by atoms with Crippen molar-refractivity contribution in [1.29, 1.82) is 0 Å². The molecule has 4 N–H and O–H groups in total. The molecule has 1 aromatic carbocycles. The Bertz CT molecular complexity index is 889. The van der Waals surface area contributed by atoms with E-state index >= 15 is 0 Å². The van der Waals surface area contributed by atoms with Crippen LogP contribution in [0.15, 0.2) is 70.9 Å². The summed E-state index contributed by atoms with van der Waals surface area (Å²) in [5, 5.41) is 0. The summed E-state index contributed by atoms with van der Waals surface area (Å²) in [5.41, 5.74) is 17.3. The molecule has 2 aromatic heterocycles. The first-order chi connectivity index (χ1) is 13.6. The number of aliphatic imine (C=N–C) groups is 2. The second-order valence-corrected chi connectivity index (χ2v) is 6.16. The topological polar surface area (TPSA) is 103 Å². The fraction of sp³-hybridized carbons (Fsp3) is 0.182. The van der Waals surface area contributed by atoms with Gasteiger partial charge in [0.2, 0.25) is 0 Å². The third-order valence-corrected chi connectivity index (χ3v) is 4.26. The highest BCUT2D eigenvalue weighted by Gasteiger charge is 2.05. The van der Waals surface area contributed by atoms with Crippen LogP contribution in [0.3, 0.4) is 0 Å². The summed E-state index contributed by atoms with van der Waals surface area (Å²) >= 11 is 0. The lowest BCUT2D eigenvalue weighted by atomic mass is 10.1. The molecule has 0 bridgehead atoms. The first-order valence-electron chi connectivity index (χ1n) is 9.25. The Morgan fingerprint density at radius 2 is 1.29 bits per heavy atom. The van der Waals surface area contributed by atoms with Crippen molar-refractivity contribution in [1.82, 2.24) is 9.97 Å². The van der Waals surface area contributed by atoms with E-state index in [0.717, 1.165) is 27.9 Å². The highest BCUT2D eigenvalue weighted by molar-refractivity contribution is 5.98. The van der Waals surface area contributed by atoms with Gasteiger partial charge in [0.05, 0.1) is 5.69 Å². The molecule has 0 aliphatic heterocycles. The third-order valence-electron chi connectivity index (χ3n) is 4.26. The van der Waals surface area contributed by atoms with Gasteiger partial charge in [-0.1, -0.05) is 36.4 Å². The molecule has 6 heteroatoms. The molecule has 0 saturated carbocycles. The maximum Gasteiger partial charge on any atom is 0.144 e. The van der Waals surface area contributed by atoms with Crippen LogP contribution in [0.25, 0.3) is 22.4 Å². The molecule has 3 rings (SSSR count). The molecule has 3 aromatic rings. The molecule has 0 spiro atoms. The highest BCUT2D eigenvalue weighted by atomic mass is 14.9. The Morgan fingerprint density at radius 3 is 1.82 bits per heavy atom. The lowest BCUT2D eigenvalue weighted by Crippen LogP contribution is -2.15. The molecule has 142 valence electrons. The van der Waals surface area contributed by atoms with Crippen molar-refractivity contribution in [3.05, 3.63) is 72.2 Å². The smallest absolute Gasteiger partial charge is 0.144 e. The van der Waals surface area contributed by atoms with Crippen LogP contribution in [0, 0.1) is 0 Å². The number of hydrogen-bond acceptors (Lipinski definition) is 4. The second-order valence-electron chi connectivity index (χ2n) is 6.16. The zero-order valence-electron chi connectivity index (χ0n) is 16.1. The van der Waals surface area contributed by atoms with E-state index in [1.165, 1.54) is 0 Å². The van der Waals surface area contributed by atoms with E-state index in [-0.39, 0.29) is 0 Å². The Balaban J connectivity index is 1.78. The molecule has 0 fully saturated rings. The fourth-order valence-corrected chi connectivity index (χ4v) is 2.78. The van der Waals surface area contributed by atoms with E-state index in [2.05, 4.69) is 20.0 Å². The predicted molar refractivity (Wildman–Crippen MR) is 115 cm³/mol. The van der Waals surface area contributed by atoms with Gasteiger partial charge in [-0.05, 0) is 26.0 Å². The van der Waals surface area contributed by atoms with Crippen LogP contribution in [0.4, 0.5) is 0 Å². The van der Waals surface area contributed by atoms with Crippen LogP contribution in [0.5, 0.6) is 0 Å². The van der Waals surface area contributed by atoms with Crippen LogP contribution in [-0.2, 0) is 0 Å². The molecule has 0 saturated heterocycles. The minimum Gasteiger partial charge on any atom is -0.384 e. The number of rotatable bonds is 6. The minimum atomic E-state index is 0.454. The zero-order valence-corrected chi connectivity index (χ0v) is 16.1. The zero-order chi connectivity index (χ0) is 19.9. The Hall–Kier alpha value is -3.54. The molecule has 0 radical (unpaired) electrons. The lowest BCUT2D eigenvalue weighted by molar-refractivity contribution is 1.11. The van der Waals surface area contributed by atoms with Crippen molar-refractivity contribution in [3.8, 4) is 22.4 Å². The minimum absolute atomic E-state index is 0.454. The van der Waals surface area contributed by atoms with Crippen LogP contribution in [0.1, 0.15) is 25.1 Å². The molecular formula is C22H24N6. The van der Waals surface area contributed by atoms with Gasteiger partial charge in [0, 0.05) is 47.7 Å². The van der Waals surface area contributed by atoms with Gasteiger partial charge in [0.1, 0.15) is 17.4 Å². The number of aromatic nitrogens is 2. The fourth-order valence-electron chi connectivity index (χ4n) is 2.78. The van der Waals surface area contributed by atoms with E-state index in [0.29, 0.717) is 30.5 Å². The first-order valence-corrected chi connectivity index (χ1v) is 9.25. The summed E-state index contributed by atoms with van der Waals surface area (Å²) in [6.45, 7) is 5.21. The van der Waals surface area contributed by atoms with E-state index in [1.807, 2.05) is 68.6 Å². The molecule has 0 atom stereocenters. The van der Waals surface area contributed by atoms with Gasteiger partial charge in [-0.2, -0.15) is 0 Å². The van der Waals surface area contributed by atoms with Gasteiger partial charge in [0.15, 0.2) is 0 Å². The summed E-state index contributed by atoms with van der Waals surface area (Å²) in [7, 11) is 0. The summed E-state index contributed by atoms with van der Waals surface area (Å²) in [5.74, 6) is 1.01. The molecule has 0 amide bonds. The number of nitrogens with zero attached hydrogens (tertiary/aromatic N) is 4. The van der Waals surface area contributed by atoms with Crippen molar-refractivity contribution in [2.75, 3.05) is 13.1 Å². The van der Waals surface area contributed by atoms with Gasteiger partial charge in [-0.25, -0.2) is 0 Å². The van der Waals surface area contributed by atoms with Crippen molar-refractivity contribution in [3.63, 3.8) is 0 Å². The van der Waals surface area contributed by atoms with Crippen molar-refractivity contribution in [2.24, 2.45) is 21.5 Å². The van der Waals surface area contributed by atoms with Crippen LogP contribution in [-0.4, -0.2) is 34.7 Å². The lowest BCUT2D eigenvalue weighted by Gasteiger charge is -2.06. The van der Waals surface area contributed by atoms with Gasteiger partial charge in [0.25, 0.3) is 0 Å². The molecule has 0 aliphatic carbocycles. The molecule has 0 unspecified atom stereocenters. The quantitative estimate of drug-likeness (QED) is 0.512. The van der Waals surface area contributed by atoms with Crippen molar-refractivity contribution < 1.29 is 0 Å². The third kappa shape index (κ3) is 4.40. The first kappa shape index (κ1) is 19.2. The Morgan fingerprint density at radius 1 is 0.714 bits per heavy atom. The Kier molecular flexibility index (Phi) is 6.11. The average Bonchev–Trinajstić information content (AvgIpc) is 2.74.